The molecule has 0 saturated carbocycles. The molecule has 1 atom stereocenters. The molecule has 1 aliphatic rings. The predicted molar refractivity (Wildman–Crippen MR) is 126 cm³/mol. The lowest BCUT2D eigenvalue weighted by atomic mass is 9.97. The molecule has 5 rings (SSSR count). The second-order valence-corrected chi connectivity index (χ2v) is 8.42. The summed E-state index contributed by atoms with van der Waals surface area (Å²) < 4.78 is 2.15. The molecule has 4 heterocycles. The zero-order valence-corrected chi connectivity index (χ0v) is 18.3. The maximum Gasteiger partial charge on any atom is 0.321 e. The number of aromatic nitrogens is 4. The standard InChI is InChI=1S/C24H27N7O/c1-29(2)20-10-8-19(9-11-20)27-24(32)30-12-5-6-17(16-30)23-28-22(18-14-25-26-15-18)21-7-3-4-13-31(21)23/h3-4,7-11,13-15,17H,5-6,12,16H2,1-2H3,(H,25,26)(H,27,32)/t17-/m1/s1. The Morgan fingerprint density at radius 2 is 2.03 bits per heavy atom. The number of likely N-dealkylation sites (tertiary alicyclic amines) is 1. The maximum absolute atomic E-state index is 13.0. The van der Waals surface area contributed by atoms with Crippen LogP contribution in [0.25, 0.3) is 16.8 Å². The fourth-order valence-corrected chi connectivity index (χ4v) is 4.36. The lowest BCUT2D eigenvalue weighted by molar-refractivity contribution is 0.191. The van der Waals surface area contributed by atoms with E-state index >= 15 is 0 Å². The molecule has 0 bridgehead atoms. The van der Waals surface area contributed by atoms with Gasteiger partial charge in [-0.2, -0.15) is 5.10 Å². The number of aromatic amines is 1. The Labute approximate surface area is 186 Å². The predicted octanol–water partition coefficient (Wildman–Crippen LogP) is 4.20. The number of imidazole rings is 1. The molecule has 0 radical (unpaired) electrons. The summed E-state index contributed by atoms with van der Waals surface area (Å²) in [6.45, 7) is 1.39. The number of benzene rings is 1. The first-order chi connectivity index (χ1) is 15.6. The van der Waals surface area contributed by atoms with E-state index in [0.717, 1.165) is 53.4 Å². The fraction of sp³-hybridized carbons (Fsp3) is 0.292. The molecule has 8 heteroatoms. The number of piperidine rings is 1. The number of nitrogens with one attached hydrogen (secondary N) is 2. The monoisotopic (exact) mass is 429 g/mol. The molecule has 3 aromatic heterocycles. The average molecular weight is 430 g/mol. The summed E-state index contributed by atoms with van der Waals surface area (Å²) in [5.41, 5.74) is 4.83. The van der Waals surface area contributed by atoms with Crippen molar-refractivity contribution in [3.05, 3.63) is 66.9 Å². The minimum atomic E-state index is -0.0665. The molecule has 164 valence electrons. The Kier molecular flexibility index (Phi) is 5.26. The van der Waals surface area contributed by atoms with Crippen molar-refractivity contribution in [3.63, 3.8) is 0 Å². The van der Waals surface area contributed by atoms with Crippen molar-refractivity contribution in [2.24, 2.45) is 0 Å². The molecule has 0 unspecified atom stereocenters. The highest BCUT2D eigenvalue weighted by molar-refractivity contribution is 5.89. The highest BCUT2D eigenvalue weighted by atomic mass is 16.2. The van der Waals surface area contributed by atoms with E-state index < -0.39 is 0 Å². The molecule has 2 amide bonds. The number of pyridine rings is 1. The number of amides is 2. The number of rotatable bonds is 4. The third-order valence-corrected chi connectivity index (χ3v) is 6.06. The second kappa shape index (κ2) is 8.37. The van der Waals surface area contributed by atoms with Crippen molar-refractivity contribution < 1.29 is 4.79 Å². The molecule has 8 nitrogen and oxygen atoms in total. The molecule has 1 fully saturated rings. The van der Waals surface area contributed by atoms with Gasteiger partial charge in [-0.1, -0.05) is 6.07 Å². The van der Waals surface area contributed by atoms with Gasteiger partial charge in [0.2, 0.25) is 0 Å². The largest absolute Gasteiger partial charge is 0.378 e. The van der Waals surface area contributed by atoms with Crippen LogP contribution in [-0.2, 0) is 0 Å². The van der Waals surface area contributed by atoms with E-state index in [-0.39, 0.29) is 11.9 Å². The topological polar surface area (TPSA) is 81.6 Å². The lowest BCUT2D eigenvalue weighted by Gasteiger charge is -2.32. The Morgan fingerprint density at radius 3 is 2.78 bits per heavy atom. The van der Waals surface area contributed by atoms with Gasteiger partial charge in [-0.25, -0.2) is 9.78 Å². The molecule has 4 aromatic rings. The third-order valence-electron chi connectivity index (χ3n) is 6.06. The van der Waals surface area contributed by atoms with Crippen LogP contribution in [0.1, 0.15) is 24.6 Å². The van der Waals surface area contributed by atoms with Crippen molar-refractivity contribution in [1.29, 1.82) is 0 Å². The van der Waals surface area contributed by atoms with Crippen molar-refractivity contribution in [1.82, 2.24) is 24.5 Å². The van der Waals surface area contributed by atoms with E-state index in [2.05, 4.69) is 26.0 Å². The van der Waals surface area contributed by atoms with Gasteiger partial charge < -0.3 is 19.5 Å². The Morgan fingerprint density at radius 1 is 1.19 bits per heavy atom. The molecule has 2 N–H and O–H groups in total. The number of hydrogen-bond donors (Lipinski definition) is 2. The smallest absolute Gasteiger partial charge is 0.321 e. The number of carbonyl (C=O) groups is 1. The van der Waals surface area contributed by atoms with Gasteiger partial charge >= 0.3 is 6.03 Å². The number of anilines is 2. The minimum Gasteiger partial charge on any atom is -0.378 e. The zero-order valence-electron chi connectivity index (χ0n) is 18.3. The van der Waals surface area contributed by atoms with Gasteiger partial charge in [-0.3, -0.25) is 5.10 Å². The quantitative estimate of drug-likeness (QED) is 0.509. The van der Waals surface area contributed by atoms with Crippen molar-refractivity contribution in [2.75, 3.05) is 37.4 Å². The summed E-state index contributed by atoms with van der Waals surface area (Å²) in [6.07, 6.45) is 7.65. The van der Waals surface area contributed by atoms with Gasteiger partial charge in [-0.15, -0.1) is 0 Å². The summed E-state index contributed by atoms with van der Waals surface area (Å²) in [4.78, 5) is 21.9. The van der Waals surface area contributed by atoms with Crippen LogP contribution < -0.4 is 10.2 Å². The SMILES string of the molecule is CN(C)c1ccc(NC(=O)N2CCC[C@@H](c3nc(-c4cn[nH]c4)c4ccccn34)C2)cc1. The average Bonchev–Trinajstić information content (AvgIpc) is 3.47. The normalized spacial score (nSPS) is 16.3. The van der Waals surface area contributed by atoms with Crippen LogP contribution in [0.5, 0.6) is 0 Å². The van der Waals surface area contributed by atoms with Crippen LogP contribution in [0.15, 0.2) is 61.1 Å². The highest BCUT2D eigenvalue weighted by Gasteiger charge is 2.28. The number of urea groups is 1. The van der Waals surface area contributed by atoms with Crippen LogP contribution in [-0.4, -0.2) is 57.7 Å². The lowest BCUT2D eigenvalue weighted by Crippen LogP contribution is -2.42. The summed E-state index contributed by atoms with van der Waals surface area (Å²) in [5.74, 6) is 1.16. The van der Waals surface area contributed by atoms with Crippen molar-refractivity contribution >= 4 is 22.9 Å². The molecule has 1 aromatic carbocycles. The van der Waals surface area contributed by atoms with Gasteiger partial charge in [-0.05, 0) is 49.2 Å². The number of nitrogens with zero attached hydrogens (tertiary/aromatic N) is 5. The Hall–Kier alpha value is -3.81. The first kappa shape index (κ1) is 20.1. The molecule has 0 aliphatic carbocycles. The van der Waals surface area contributed by atoms with E-state index in [9.17, 15) is 4.79 Å². The Bertz CT molecular complexity index is 1210. The fourth-order valence-electron chi connectivity index (χ4n) is 4.36. The Balaban J connectivity index is 1.36. The number of H-pyrrole nitrogens is 1. The third kappa shape index (κ3) is 3.79. The van der Waals surface area contributed by atoms with E-state index in [1.165, 1.54) is 0 Å². The van der Waals surface area contributed by atoms with E-state index in [1.54, 1.807) is 6.20 Å². The van der Waals surface area contributed by atoms with Crippen molar-refractivity contribution in [2.45, 2.75) is 18.8 Å². The van der Waals surface area contributed by atoms with Crippen LogP contribution in [0, 0.1) is 0 Å². The molecular formula is C24H27N7O. The summed E-state index contributed by atoms with van der Waals surface area (Å²) in [7, 11) is 4.00. The second-order valence-electron chi connectivity index (χ2n) is 8.42. The number of carbonyl (C=O) groups excluding carboxylic acids is 1. The van der Waals surface area contributed by atoms with Crippen LogP contribution in [0.3, 0.4) is 0 Å². The number of fused-ring (bicyclic) bond motifs is 1. The van der Waals surface area contributed by atoms with Gasteiger partial charge in [0.05, 0.1) is 17.4 Å². The van der Waals surface area contributed by atoms with Gasteiger partial charge in [0, 0.05) is 62.4 Å². The number of hydrogen-bond acceptors (Lipinski definition) is 4. The van der Waals surface area contributed by atoms with Crippen LogP contribution in [0.4, 0.5) is 16.2 Å². The molecule has 0 spiro atoms. The van der Waals surface area contributed by atoms with E-state index in [0.29, 0.717) is 6.54 Å². The van der Waals surface area contributed by atoms with Crippen LogP contribution in [0.2, 0.25) is 0 Å². The van der Waals surface area contributed by atoms with Crippen LogP contribution >= 0.6 is 0 Å². The van der Waals surface area contributed by atoms with Gasteiger partial charge in [0.1, 0.15) is 5.82 Å². The highest BCUT2D eigenvalue weighted by Crippen LogP contribution is 2.32. The van der Waals surface area contributed by atoms with E-state index in [1.807, 2.05) is 72.7 Å². The van der Waals surface area contributed by atoms with Crippen molar-refractivity contribution in [3.8, 4) is 11.3 Å². The molecule has 1 aliphatic heterocycles. The zero-order chi connectivity index (χ0) is 22.1. The van der Waals surface area contributed by atoms with Gasteiger partial charge in [0.15, 0.2) is 0 Å². The molecule has 1 saturated heterocycles. The molecular weight excluding hydrogens is 402 g/mol. The van der Waals surface area contributed by atoms with Gasteiger partial charge in [0.25, 0.3) is 0 Å². The first-order valence-corrected chi connectivity index (χ1v) is 10.9. The molecule has 32 heavy (non-hydrogen) atoms. The minimum absolute atomic E-state index is 0.0665. The summed E-state index contributed by atoms with van der Waals surface area (Å²) in [6, 6.07) is 13.9. The van der Waals surface area contributed by atoms with E-state index in [4.69, 9.17) is 4.98 Å². The summed E-state index contributed by atoms with van der Waals surface area (Å²) in [5, 5.41) is 10.00. The summed E-state index contributed by atoms with van der Waals surface area (Å²) >= 11 is 0. The first-order valence-electron chi connectivity index (χ1n) is 10.9. The maximum atomic E-state index is 13.0.